The molecular weight excluding hydrogens is 429 g/mol. The van der Waals surface area contributed by atoms with Crippen molar-refractivity contribution in [3.8, 4) is 5.75 Å². The number of sulfonamides is 1. The van der Waals surface area contributed by atoms with Crippen LogP contribution in [0.3, 0.4) is 0 Å². The minimum absolute atomic E-state index is 0.0270. The van der Waals surface area contributed by atoms with Crippen molar-refractivity contribution in [3.05, 3.63) is 30.3 Å². The van der Waals surface area contributed by atoms with Crippen LogP contribution in [0.1, 0.15) is 34.1 Å². The Morgan fingerprint density at radius 3 is 2.65 bits per heavy atom. The molecule has 0 saturated carbocycles. The van der Waals surface area contributed by atoms with E-state index in [0.29, 0.717) is 6.42 Å². The summed E-state index contributed by atoms with van der Waals surface area (Å²) in [4.78, 5) is 16.8. The van der Waals surface area contributed by atoms with E-state index in [1.54, 1.807) is 27.7 Å². The monoisotopic (exact) mass is 457 g/mol. The molecule has 3 N–H and O–H groups in total. The molecule has 0 aliphatic carbocycles. The largest absolute Gasteiger partial charge is 0.506 e. The summed E-state index contributed by atoms with van der Waals surface area (Å²) in [5, 5.41) is 18.9. The third-order valence-corrected chi connectivity index (χ3v) is 5.81. The highest BCUT2D eigenvalue weighted by atomic mass is 32.2. The number of ether oxygens (including phenoxy) is 1. The van der Waals surface area contributed by atoms with Gasteiger partial charge in [-0.2, -0.15) is 4.39 Å². The van der Waals surface area contributed by atoms with Crippen LogP contribution >= 0.6 is 0 Å². The topological polar surface area (TPSA) is 129 Å². The molecule has 1 atom stereocenters. The van der Waals surface area contributed by atoms with Crippen molar-refractivity contribution in [1.29, 1.82) is 0 Å². The number of aliphatic hydroxyl groups excluding tert-OH is 1. The van der Waals surface area contributed by atoms with E-state index in [-0.39, 0.29) is 35.4 Å². The van der Waals surface area contributed by atoms with E-state index >= 15 is 0 Å². The first kappa shape index (κ1) is 24.8. The Morgan fingerprint density at radius 1 is 1.35 bits per heavy atom. The lowest BCUT2D eigenvalue weighted by Gasteiger charge is -2.29. The highest BCUT2D eigenvalue weighted by Gasteiger charge is 2.27. The van der Waals surface area contributed by atoms with Crippen LogP contribution in [0.4, 0.5) is 9.18 Å². The second kappa shape index (κ2) is 9.75. The number of hydrogen-bond acceptors (Lipinski definition) is 7. The molecule has 11 heteroatoms. The van der Waals surface area contributed by atoms with Gasteiger partial charge in [0.25, 0.3) is 0 Å². The molecule has 0 saturated heterocycles. The number of amides is 1. The van der Waals surface area contributed by atoms with Crippen molar-refractivity contribution < 1.29 is 32.6 Å². The Morgan fingerprint density at radius 2 is 2.03 bits per heavy atom. The second-order valence-corrected chi connectivity index (χ2v) is 9.82. The highest BCUT2D eigenvalue weighted by molar-refractivity contribution is 7.89. The molecular formula is C20H28FN3O6S. The molecule has 1 amide bonds. The van der Waals surface area contributed by atoms with Crippen LogP contribution in [0, 0.1) is 5.95 Å². The lowest BCUT2D eigenvalue weighted by Crippen LogP contribution is -2.46. The zero-order chi connectivity index (χ0) is 23.4. The fourth-order valence-electron chi connectivity index (χ4n) is 2.98. The number of fused-ring (bicyclic) bond motifs is 1. The van der Waals surface area contributed by atoms with Gasteiger partial charge in [0.1, 0.15) is 11.4 Å². The van der Waals surface area contributed by atoms with E-state index in [1.165, 1.54) is 23.1 Å². The van der Waals surface area contributed by atoms with Gasteiger partial charge in [-0.1, -0.05) is 6.07 Å². The summed E-state index contributed by atoms with van der Waals surface area (Å²) in [6.07, 6.45) is 0.504. The predicted octanol–water partition coefficient (Wildman–Crippen LogP) is 2.37. The van der Waals surface area contributed by atoms with Gasteiger partial charge in [0.2, 0.25) is 16.0 Å². The Labute approximate surface area is 180 Å². The zero-order valence-electron chi connectivity index (χ0n) is 17.9. The molecule has 172 valence electrons. The van der Waals surface area contributed by atoms with Gasteiger partial charge in [0.05, 0.1) is 11.1 Å². The van der Waals surface area contributed by atoms with E-state index in [4.69, 9.17) is 9.84 Å². The Kier molecular flexibility index (Phi) is 7.79. The fourth-order valence-corrected chi connectivity index (χ4v) is 4.46. The van der Waals surface area contributed by atoms with Crippen molar-refractivity contribution in [2.75, 3.05) is 19.7 Å². The van der Waals surface area contributed by atoms with Gasteiger partial charge in [-0.25, -0.2) is 22.9 Å². The number of carbonyl (C=O) groups is 1. The average molecular weight is 458 g/mol. The Bertz CT molecular complexity index is 1040. The first-order chi connectivity index (χ1) is 14.4. The first-order valence-corrected chi connectivity index (χ1v) is 11.2. The summed E-state index contributed by atoms with van der Waals surface area (Å²) < 4.78 is 47.7. The van der Waals surface area contributed by atoms with E-state index in [1.807, 2.05) is 0 Å². The van der Waals surface area contributed by atoms with Gasteiger partial charge in [-0.15, -0.1) is 0 Å². The molecule has 2 aromatic rings. The van der Waals surface area contributed by atoms with Crippen molar-refractivity contribution >= 4 is 26.9 Å². The lowest BCUT2D eigenvalue weighted by molar-refractivity contribution is 0.0229. The number of rotatable bonds is 8. The SMILES string of the molecule is C[C@H](CN(CCCO)C(=O)OC(C)(C)C)NS(=O)(=O)c1cccc2c(F)ncc(O)c12. The van der Waals surface area contributed by atoms with Gasteiger partial charge >= 0.3 is 6.09 Å². The maximum Gasteiger partial charge on any atom is 0.410 e. The molecule has 1 aromatic heterocycles. The molecule has 0 spiro atoms. The number of aromatic hydroxyl groups is 1. The molecule has 0 unspecified atom stereocenters. The number of aliphatic hydroxyl groups is 1. The number of nitrogens with zero attached hydrogens (tertiary/aromatic N) is 2. The van der Waals surface area contributed by atoms with Crippen molar-refractivity contribution in [1.82, 2.24) is 14.6 Å². The zero-order valence-corrected chi connectivity index (χ0v) is 18.7. The van der Waals surface area contributed by atoms with Crippen LogP contribution in [0.2, 0.25) is 0 Å². The smallest absolute Gasteiger partial charge is 0.410 e. The molecule has 31 heavy (non-hydrogen) atoms. The van der Waals surface area contributed by atoms with Crippen LogP contribution in [0.15, 0.2) is 29.3 Å². The second-order valence-electron chi connectivity index (χ2n) is 8.14. The molecule has 1 heterocycles. The molecule has 9 nitrogen and oxygen atoms in total. The quantitative estimate of drug-likeness (QED) is 0.519. The van der Waals surface area contributed by atoms with Crippen LogP contribution in [0.25, 0.3) is 10.8 Å². The molecule has 0 bridgehead atoms. The molecule has 2 rings (SSSR count). The number of carbonyl (C=O) groups excluding carboxylic acids is 1. The van der Waals surface area contributed by atoms with E-state index in [0.717, 1.165) is 6.20 Å². The maximum absolute atomic E-state index is 14.0. The van der Waals surface area contributed by atoms with Gasteiger partial charge in [-0.05, 0) is 46.2 Å². The van der Waals surface area contributed by atoms with Crippen LogP contribution in [-0.4, -0.2) is 65.9 Å². The predicted molar refractivity (Wildman–Crippen MR) is 113 cm³/mol. The number of nitrogens with one attached hydrogen (secondary N) is 1. The number of benzene rings is 1. The molecule has 0 aliphatic heterocycles. The number of aromatic nitrogens is 1. The molecule has 0 radical (unpaired) electrons. The van der Waals surface area contributed by atoms with Gasteiger partial charge < -0.3 is 19.8 Å². The molecule has 1 aromatic carbocycles. The van der Waals surface area contributed by atoms with Crippen LogP contribution in [-0.2, 0) is 14.8 Å². The number of hydrogen-bond donors (Lipinski definition) is 3. The van der Waals surface area contributed by atoms with Crippen molar-refractivity contribution in [3.63, 3.8) is 0 Å². The van der Waals surface area contributed by atoms with Gasteiger partial charge in [0, 0.05) is 36.5 Å². The van der Waals surface area contributed by atoms with Crippen LogP contribution in [0.5, 0.6) is 5.75 Å². The van der Waals surface area contributed by atoms with Crippen molar-refractivity contribution in [2.24, 2.45) is 0 Å². The maximum atomic E-state index is 14.0. The Hall–Kier alpha value is -2.50. The average Bonchev–Trinajstić information content (AvgIpc) is 2.65. The van der Waals surface area contributed by atoms with Gasteiger partial charge in [0.15, 0.2) is 0 Å². The van der Waals surface area contributed by atoms with Crippen molar-refractivity contribution in [2.45, 2.75) is 50.7 Å². The van der Waals surface area contributed by atoms with Crippen LogP contribution < -0.4 is 4.72 Å². The summed E-state index contributed by atoms with van der Waals surface area (Å²) in [6, 6.07) is 3.16. The summed E-state index contributed by atoms with van der Waals surface area (Å²) in [5.74, 6) is -1.37. The molecule has 0 aliphatic rings. The van der Waals surface area contributed by atoms with Gasteiger partial charge in [-0.3, -0.25) is 0 Å². The third-order valence-electron chi connectivity index (χ3n) is 4.18. The van der Waals surface area contributed by atoms with E-state index < -0.39 is 39.5 Å². The normalized spacial score (nSPS) is 13.2. The number of pyridine rings is 1. The van der Waals surface area contributed by atoms with E-state index in [2.05, 4.69) is 9.71 Å². The third kappa shape index (κ3) is 6.49. The lowest BCUT2D eigenvalue weighted by atomic mass is 10.1. The highest BCUT2D eigenvalue weighted by Crippen LogP contribution is 2.31. The molecule has 0 fully saturated rings. The summed E-state index contributed by atoms with van der Waals surface area (Å²) >= 11 is 0. The minimum atomic E-state index is -4.18. The fraction of sp³-hybridized carbons (Fsp3) is 0.500. The summed E-state index contributed by atoms with van der Waals surface area (Å²) in [7, 11) is -4.18. The number of halogens is 1. The first-order valence-electron chi connectivity index (χ1n) is 9.73. The Balaban J connectivity index is 2.27. The summed E-state index contributed by atoms with van der Waals surface area (Å²) in [5.41, 5.74) is -0.740. The standard InChI is InChI=1S/C20H28FN3O6S/c1-13(12-24(9-6-10-25)19(27)30-20(2,3)4)23-31(28,29)16-8-5-7-14-17(16)15(26)11-22-18(14)21/h5,7-8,11,13,23,25-26H,6,9-10,12H2,1-4H3/t13-/m1/s1. The van der Waals surface area contributed by atoms with E-state index in [9.17, 15) is 22.7 Å². The minimum Gasteiger partial charge on any atom is -0.506 e. The summed E-state index contributed by atoms with van der Waals surface area (Å²) in [6.45, 7) is 6.69.